The first kappa shape index (κ1) is 18.5. The standard InChI is InChI=1S/H4O7P2.2Ti/c1-8(2,3)7-9(4,5)6;;/h(H2,1,2,3)(H2,4,5,6);;. The van der Waals surface area contributed by atoms with Crippen LogP contribution in [0.15, 0.2) is 0 Å². The van der Waals surface area contributed by atoms with Crippen molar-refractivity contribution < 1.29 is 76.4 Å². The molecule has 0 bridgehead atoms. The molecule has 0 saturated carbocycles. The van der Waals surface area contributed by atoms with Crippen molar-refractivity contribution in [2.45, 2.75) is 0 Å². The molecule has 0 aliphatic rings. The van der Waals surface area contributed by atoms with Gasteiger partial charge in [-0.2, -0.15) is 4.31 Å². The molecule has 0 spiro atoms. The second kappa shape index (κ2) is 6.19. The Hall–Kier alpha value is 1.69. The molecular weight excluding hydrogens is 270 g/mol. The van der Waals surface area contributed by atoms with Crippen LogP contribution in [0.5, 0.6) is 0 Å². The fourth-order valence-corrected chi connectivity index (χ4v) is 1.25. The molecule has 7 nitrogen and oxygen atoms in total. The van der Waals surface area contributed by atoms with Crippen LogP contribution in [-0.4, -0.2) is 19.6 Å². The third-order valence-electron chi connectivity index (χ3n) is 0.213. The zero-order valence-electron chi connectivity index (χ0n) is 4.91. The molecule has 0 atom stereocenters. The molecule has 0 unspecified atom stereocenters. The topological polar surface area (TPSA) is 124 Å². The zero-order valence-corrected chi connectivity index (χ0v) is 9.82. The normalized spacial score (nSPS) is 11.3. The van der Waals surface area contributed by atoms with E-state index in [1.807, 2.05) is 0 Å². The van der Waals surface area contributed by atoms with Crippen molar-refractivity contribution in [3.63, 3.8) is 0 Å². The smallest absolute Gasteiger partial charge is 0.302 e. The van der Waals surface area contributed by atoms with Crippen LogP contribution in [0.4, 0.5) is 0 Å². The number of hydrogen-bond acceptors (Lipinski definition) is 3. The summed E-state index contributed by atoms with van der Waals surface area (Å²) in [6, 6.07) is 0. The molecule has 0 aliphatic heterocycles. The molecule has 0 radical (unpaired) electrons. The van der Waals surface area contributed by atoms with Crippen LogP contribution in [0, 0.1) is 0 Å². The third-order valence-corrected chi connectivity index (χ3v) is 1.91. The monoisotopic (exact) mass is 274 g/mol. The van der Waals surface area contributed by atoms with Gasteiger partial charge in [-0.25, -0.2) is 9.13 Å². The predicted molar refractivity (Wildman–Crippen MR) is 25.2 cm³/mol. The Balaban J connectivity index is -0.000000320. The molecule has 0 fully saturated rings. The molecule has 0 saturated heterocycles. The number of phosphoric acid groups is 2. The van der Waals surface area contributed by atoms with Crippen molar-refractivity contribution in [2.24, 2.45) is 0 Å². The summed E-state index contributed by atoms with van der Waals surface area (Å²) in [5.74, 6) is 0. The summed E-state index contributed by atoms with van der Waals surface area (Å²) < 4.78 is 22.2. The van der Waals surface area contributed by atoms with Crippen molar-refractivity contribution in [3.8, 4) is 0 Å². The molecular formula is H4O7P2Ti2. The SMILES string of the molecule is O=P(O)(O)OP(=O)(O)O.[Ti].[Ti]. The first-order chi connectivity index (χ1) is 3.71. The summed E-state index contributed by atoms with van der Waals surface area (Å²) in [6.45, 7) is 0. The van der Waals surface area contributed by atoms with Crippen LogP contribution >= 0.6 is 15.6 Å². The average molecular weight is 274 g/mol. The van der Waals surface area contributed by atoms with Gasteiger partial charge in [0.15, 0.2) is 0 Å². The Bertz CT molecular complexity index is 155. The van der Waals surface area contributed by atoms with Gasteiger partial charge < -0.3 is 19.6 Å². The minimum absolute atomic E-state index is 0. The Morgan fingerprint density at radius 3 is 1.00 bits per heavy atom. The van der Waals surface area contributed by atoms with Crippen LogP contribution < -0.4 is 0 Å². The van der Waals surface area contributed by atoms with Crippen LogP contribution in [-0.2, 0) is 56.9 Å². The van der Waals surface area contributed by atoms with E-state index < -0.39 is 15.6 Å². The van der Waals surface area contributed by atoms with Crippen molar-refractivity contribution in [1.29, 1.82) is 0 Å². The maximum absolute atomic E-state index is 9.63. The van der Waals surface area contributed by atoms with Gasteiger partial charge >= 0.3 is 15.6 Å². The van der Waals surface area contributed by atoms with E-state index >= 15 is 0 Å². The molecule has 64 valence electrons. The molecule has 0 aliphatic carbocycles. The average Bonchev–Trinajstić information content (AvgIpc) is 1.14. The van der Waals surface area contributed by atoms with Gasteiger partial charge in [0.05, 0.1) is 0 Å². The van der Waals surface area contributed by atoms with Gasteiger partial charge in [-0.1, -0.05) is 0 Å². The molecule has 0 aromatic heterocycles. The van der Waals surface area contributed by atoms with Gasteiger partial charge in [-0.05, 0) is 0 Å². The van der Waals surface area contributed by atoms with E-state index in [1.54, 1.807) is 0 Å². The summed E-state index contributed by atoms with van der Waals surface area (Å²) in [5.41, 5.74) is 0. The Labute approximate surface area is 91.8 Å². The van der Waals surface area contributed by atoms with Gasteiger partial charge in [-0.3, -0.25) is 0 Å². The second-order valence-corrected chi connectivity index (χ2v) is 3.68. The van der Waals surface area contributed by atoms with Crippen molar-refractivity contribution in [3.05, 3.63) is 0 Å². The summed E-state index contributed by atoms with van der Waals surface area (Å²) in [4.78, 5) is 31.0. The van der Waals surface area contributed by atoms with E-state index in [9.17, 15) is 9.13 Å². The van der Waals surface area contributed by atoms with Crippen molar-refractivity contribution in [1.82, 2.24) is 0 Å². The fourth-order valence-electron chi connectivity index (χ4n) is 0.139. The molecule has 0 rings (SSSR count). The van der Waals surface area contributed by atoms with E-state index in [1.165, 1.54) is 0 Å². The van der Waals surface area contributed by atoms with E-state index in [0.29, 0.717) is 0 Å². The van der Waals surface area contributed by atoms with Gasteiger partial charge in [0.2, 0.25) is 0 Å². The van der Waals surface area contributed by atoms with Gasteiger partial charge in [-0.15, -0.1) is 0 Å². The van der Waals surface area contributed by atoms with E-state index in [-0.39, 0.29) is 43.4 Å². The summed E-state index contributed by atoms with van der Waals surface area (Å²) in [5, 5.41) is 0. The van der Waals surface area contributed by atoms with E-state index in [4.69, 9.17) is 19.6 Å². The zero-order chi connectivity index (χ0) is 7.71. The molecule has 11 heavy (non-hydrogen) atoms. The quantitative estimate of drug-likeness (QED) is 0.383. The maximum atomic E-state index is 9.63. The number of hydrogen-bond donors (Lipinski definition) is 4. The Morgan fingerprint density at radius 1 is 0.818 bits per heavy atom. The molecule has 11 heteroatoms. The molecule has 0 aromatic rings. The van der Waals surface area contributed by atoms with Crippen molar-refractivity contribution >= 4 is 15.6 Å². The molecule has 0 heterocycles. The minimum atomic E-state index is -5.05. The van der Waals surface area contributed by atoms with Gasteiger partial charge in [0.1, 0.15) is 0 Å². The molecule has 0 amide bonds. The number of rotatable bonds is 2. The largest absolute Gasteiger partial charge is 0.478 e. The summed E-state index contributed by atoms with van der Waals surface area (Å²) in [7, 11) is -10.1. The van der Waals surface area contributed by atoms with E-state index in [2.05, 4.69) is 4.31 Å². The Morgan fingerprint density at radius 2 is 1.00 bits per heavy atom. The second-order valence-electron chi connectivity index (χ2n) is 1.06. The Kier molecular flexibility index (Phi) is 10.4. The van der Waals surface area contributed by atoms with Crippen LogP contribution in [0.25, 0.3) is 0 Å². The summed E-state index contributed by atoms with van der Waals surface area (Å²) in [6.07, 6.45) is 0. The van der Waals surface area contributed by atoms with Crippen LogP contribution in [0.1, 0.15) is 0 Å². The van der Waals surface area contributed by atoms with Crippen LogP contribution in [0.3, 0.4) is 0 Å². The minimum Gasteiger partial charge on any atom is -0.302 e. The maximum Gasteiger partial charge on any atom is 0.478 e. The first-order valence-corrected chi connectivity index (χ1v) is 4.59. The predicted octanol–water partition coefficient (Wildman–Crippen LogP) is -0.817. The van der Waals surface area contributed by atoms with Crippen molar-refractivity contribution in [2.75, 3.05) is 0 Å². The molecule has 0 aromatic carbocycles. The van der Waals surface area contributed by atoms with Gasteiger partial charge in [0.25, 0.3) is 0 Å². The fraction of sp³-hybridized carbons (Fsp3) is 0. The van der Waals surface area contributed by atoms with Crippen LogP contribution in [0.2, 0.25) is 0 Å². The van der Waals surface area contributed by atoms with Gasteiger partial charge in [0, 0.05) is 43.4 Å². The summed E-state index contributed by atoms with van der Waals surface area (Å²) >= 11 is 0. The third kappa shape index (κ3) is 18.6. The molecule has 4 N–H and O–H groups in total. The first-order valence-electron chi connectivity index (χ1n) is 1.53. The van der Waals surface area contributed by atoms with E-state index in [0.717, 1.165) is 0 Å².